The smallest absolute Gasteiger partial charge is 0.387 e. The van der Waals surface area contributed by atoms with E-state index >= 15 is 0 Å². The first kappa shape index (κ1) is 17.7. The van der Waals surface area contributed by atoms with Crippen molar-refractivity contribution in [3.63, 3.8) is 0 Å². The van der Waals surface area contributed by atoms with Gasteiger partial charge in [-0.2, -0.15) is 13.2 Å². The van der Waals surface area contributed by atoms with Crippen LogP contribution in [0.4, 0.5) is 13.2 Å². The molecule has 2 rings (SSSR count). The van der Waals surface area contributed by atoms with Crippen molar-refractivity contribution in [1.82, 2.24) is 10.3 Å². The third-order valence-corrected chi connectivity index (χ3v) is 3.38. The van der Waals surface area contributed by atoms with Crippen LogP contribution in [-0.2, 0) is 6.18 Å². The summed E-state index contributed by atoms with van der Waals surface area (Å²) in [5, 5.41) is 12.2. The van der Waals surface area contributed by atoms with Gasteiger partial charge in [0.2, 0.25) is 0 Å². The number of hydrogen-bond donors (Lipinski definition) is 3. The number of aliphatic hydroxyl groups excluding tert-OH is 1. The lowest BCUT2D eigenvalue weighted by molar-refractivity contribution is -0.139. The maximum Gasteiger partial charge on any atom is 0.416 e. The van der Waals surface area contributed by atoms with E-state index in [-0.39, 0.29) is 11.1 Å². The van der Waals surface area contributed by atoms with Crippen LogP contribution in [0.5, 0.6) is 0 Å². The summed E-state index contributed by atoms with van der Waals surface area (Å²) in [6.45, 7) is 1.18. The molecule has 0 aliphatic heterocycles. The number of hydrogen-bond acceptors (Lipinski definition) is 3. The number of carbonyl (C=O) groups excluding carboxylic acids is 1. The monoisotopic (exact) mass is 340 g/mol. The summed E-state index contributed by atoms with van der Waals surface area (Å²) < 4.78 is 38.8. The Hall–Kier alpha value is -2.61. The quantitative estimate of drug-likeness (QED) is 0.798. The summed E-state index contributed by atoms with van der Waals surface area (Å²) in [5.41, 5.74) is -1.55. The van der Waals surface area contributed by atoms with Crippen molar-refractivity contribution >= 4 is 5.91 Å². The van der Waals surface area contributed by atoms with Crippen LogP contribution < -0.4 is 10.9 Å². The van der Waals surface area contributed by atoms with Gasteiger partial charge in [-0.15, -0.1) is 0 Å². The van der Waals surface area contributed by atoms with Gasteiger partial charge < -0.3 is 15.4 Å². The molecule has 8 heteroatoms. The van der Waals surface area contributed by atoms with Crippen LogP contribution in [0.25, 0.3) is 0 Å². The zero-order valence-electron chi connectivity index (χ0n) is 12.6. The van der Waals surface area contributed by atoms with Crippen molar-refractivity contribution in [2.75, 3.05) is 6.54 Å². The van der Waals surface area contributed by atoms with Gasteiger partial charge in [0, 0.05) is 12.2 Å². The van der Waals surface area contributed by atoms with E-state index in [2.05, 4.69) is 10.3 Å². The molecule has 0 unspecified atom stereocenters. The topological polar surface area (TPSA) is 82.2 Å². The SMILES string of the molecule is Cc1ccc(C(=O)NC[C@H](O)c2ccccc2C(F)(F)F)c(=O)[nH]1. The molecule has 0 saturated carbocycles. The van der Waals surface area contributed by atoms with Crippen LogP contribution in [0.3, 0.4) is 0 Å². The summed E-state index contributed by atoms with van der Waals surface area (Å²) in [6.07, 6.45) is -6.17. The van der Waals surface area contributed by atoms with Crippen molar-refractivity contribution in [1.29, 1.82) is 0 Å². The Morgan fingerprint density at radius 3 is 2.54 bits per heavy atom. The van der Waals surface area contributed by atoms with Gasteiger partial charge in [0.25, 0.3) is 11.5 Å². The highest BCUT2D eigenvalue weighted by atomic mass is 19.4. The number of aromatic nitrogens is 1. The molecule has 128 valence electrons. The van der Waals surface area contributed by atoms with Crippen LogP contribution >= 0.6 is 0 Å². The molecule has 3 N–H and O–H groups in total. The van der Waals surface area contributed by atoms with Gasteiger partial charge in [-0.1, -0.05) is 18.2 Å². The van der Waals surface area contributed by atoms with Gasteiger partial charge in [-0.25, -0.2) is 0 Å². The van der Waals surface area contributed by atoms with Crippen molar-refractivity contribution in [2.45, 2.75) is 19.2 Å². The molecule has 0 fully saturated rings. The first-order valence-corrected chi connectivity index (χ1v) is 7.02. The number of benzene rings is 1. The van der Waals surface area contributed by atoms with Gasteiger partial charge in [0.05, 0.1) is 11.7 Å². The van der Waals surface area contributed by atoms with Crippen molar-refractivity contribution < 1.29 is 23.1 Å². The normalized spacial score (nSPS) is 12.7. The van der Waals surface area contributed by atoms with Crippen molar-refractivity contribution in [2.24, 2.45) is 0 Å². The number of aliphatic hydroxyl groups is 1. The maximum atomic E-state index is 12.9. The molecule has 0 saturated heterocycles. The number of alkyl halides is 3. The molecule has 1 aromatic carbocycles. The molecule has 0 radical (unpaired) electrons. The highest BCUT2D eigenvalue weighted by Crippen LogP contribution is 2.34. The minimum absolute atomic E-state index is 0.183. The second-order valence-corrected chi connectivity index (χ2v) is 5.19. The van der Waals surface area contributed by atoms with E-state index in [1.54, 1.807) is 6.92 Å². The first-order valence-electron chi connectivity index (χ1n) is 7.02. The third kappa shape index (κ3) is 4.02. The number of aromatic amines is 1. The molecular formula is C16H15F3N2O3. The molecule has 5 nitrogen and oxygen atoms in total. The average molecular weight is 340 g/mol. The number of H-pyrrole nitrogens is 1. The Labute approximate surface area is 135 Å². The lowest BCUT2D eigenvalue weighted by atomic mass is 10.0. The zero-order chi connectivity index (χ0) is 17.9. The number of nitrogens with one attached hydrogen (secondary N) is 2. The van der Waals surface area contributed by atoms with E-state index in [1.165, 1.54) is 24.3 Å². The van der Waals surface area contributed by atoms with Crippen molar-refractivity contribution in [3.8, 4) is 0 Å². The fraction of sp³-hybridized carbons (Fsp3) is 0.250. The molecule has 0 spiro atoms. The van der Waals surface area contributed by atoms with E-state index in [1.807, 2.05) is 0 Å². The number of halogens is 3. The molecule has 2 aromatic rings. The predicted molar refractivity (Wildman–Crippen MR) is 80.5 cm³/mol. The number of rotatable bonds is 4. The standard InChI is InChI=1S/C16H15F3N2O3/c1-9-6-7-11(15(24)21-9)14(23)20-8-13(22)10-4-2-3-5-12(10)16(17,18)19/h2-7,13,22H,8H2,1H3,(H,20,23)(H,21,24)/t13-/m0/s1. The Morgan fingerprint density at radius 2 is 1.92 bits per heavy atom. The molecule has 1 atom stereocenters. The van der Waals surface area contributed by atoms with Gasteiger partial charge in [0.15, 0.2) is 0 Å². The number of amides is 1. The summed E-state index contributed by atoms with van der Waals surface area (Å²) in [6, 6.07) is 7.39. The van der Waals surface area contributed by atoms with E-state index < -0.39 is 35.9 Å². The lowest BCUT2D eigenvalue weighted by Crippen LogP contribution is -2.33. The summed E-state index contributed by atoms with van der Waals surface area (Å²) >= 11 is 0. The van der Waals surface area contributed by atoms with Crippen LogP contribution in [-0.4, -0.2) is 22.5 Å². The molecule has 0 bridgehead atoms. The Morgan fingerprint density at radius 1 is 1.25 bits per heavy atom. The summed E-state index contributed by atoms with van der Waals surface area (Å²) in [5.74, 6) is -0.778. The minimum Gasteiger partial charge on any atom is -0.387 e. The van der Waals surface area contributed by atoms with Gasteiger partial charge >= 0.3 is 6.18 Å². The molecule has 1 heterocycles. The number of aryl methyl sites for hydroxylation is 1. The molecule has 1 aromatic heterocycles. The maximum absolute atomic E-state index is 12.9. The van der Waals surface area contributed by atoms with E-state index in [4.69, 9.17) is 0 Å². The van der Waals surface area contributed by atoms with Gasteiger partial charge in [0.1, 0.15) is 5.56 Å². The van der Waals surface area contributed by atoms with Crippen LogP contribution in [0.2, 0.25) is 0 Å². The summed E-state index contributed by atoms with van der Waals surface area (Å²) in [7, 11) is 0. The first-order chi connectivity index (χ1) is 11.2. The Balaban J connectivity index is 2.13. The molecule has 24 heavy (non-hydrogen) atoms. The van der Waals surface area contributed by atoms with Gasteiger partial charge in [-0.3, -0.25) is 9.59 Å². The van der Waals surface area contributed by atoms with Crippen LogP contribution in [0.1, 0.15) is 33.3 Å². The number of pyridine rings is 1. The predicted octanol–water partition coefficient (Wildman–Crippen LogP) is 2.17. The van der Waals surface area contributed by atoms with Crippen molar-refractivity contribution in [3.05, 3.63) is 69.1 Å². The van der Waals surface area contributed by atoms with E-state index in [9.17, 15) is 27.9 Å². The largest absolute Gasteiger partial charge is 0.416 e. The van der Waals surface area contributed by atoms with Crippen LogP contribution in [0, 0.1) is 6.92 Å². The van der Waals surface area contributed by atoms with Gasteiger partial charge in [-0.05, 0) is 30.7 Å². The fourth-order valence-electron chi connectivity index (χ4n) is 2.19. The second-order valence-electron chi connectivity index (χ2n) is 5.19. The van der Waals surface area contributed by atoms with E-state index in [0.29, 0.717) is 5.69 Å². The molecular weight excluding hydrogens is 325 g/mol. The number of carbonyl (C=O) groups is 1. The minimum atomic E-state index is -4.62. The average Bonchev–Trinajstić information content (AvgIpc) is 2.51. The second kappa shape index (κ2) is 6.88. The zero-order valence-corrected chi connectivity index (χ0v) is 12.6. The molecule has 0 aliphatic carbocycles. The Bertz CT molecular complexity index is 800. The van der Waals surface area contributed by atoms with E-state index in [0.717, 1.165) is 12.1 Å². The third-order valence-electron chi connectivity index (χ3n) is 3.38. The lowest BCUT2D eigenvalue weighted by Gasteiger charge is -2.17. The fourth-order valence-corrected chi connectivity index (χ4v) is 2.19. The summed E-state index contributed by atoms with van der Waals surface area (Å²) in [4.78, 5) is 26.0. The Kier molecular flexibility index (Phi) is 5.08. The highest BCUT2D eigenvalue weighted by molar-refractivity contribution is 5.93. The molecule has 1 amide bonds. The van der Waals surface area contributed by atoms with Crippen LogP contribution in [0.15, 0.2) is 41.2 Å². The highest BCUT2D eigenvalue weighted by Gasteiger charge is 2.34. The molecule has 0 aliphatic rings.